The van der Waals surface area contributed by atoms with Crippen LogP contribution in [0.15, 0.2) is 59.9 Å². The highest BCUT2D eigenvalue weighted by atomic mass is 35.5. The minimum atomic E-state index is -0.726. The summed E-state index contributed by atoms with van der Waals surface area (Å²) in [5.41, 5.74) is 1.54. The number of hydrogen-bond acceptors (Lipinski definition) is 6. The number of allylic oxidation sites excluding steroid dienone is 1. The summed E-state index contributed by atoms with van der Waals surface area (Å²) < 4.78 is 26.7. The molecular formula is C32H37ClFN3O5. The van der Waals surface area contributed by atoms with Gasteiger partial charge in [-0.15, -0.1) is 0 Å². The van der Waals surface area contributed by atoms with Gasteiger partial charge in [0.1, 0.15) is 23.7 Å². The minimum absolute atomic E-state index is 0.0337. The second-order valence-corrected chi connectivity index (χ2v) is 11.4. The van der Waals surface area contributed by atoms with E-state index in [1.807, 2.05) is 42.3 Å². The second kappa shape index (κ2) is 14.3. The molecule has 1 aromatic heterocycles. The van der Waals surface area contributed by atoms with Crippen LogP contribution in [-0.4, -0.2) is 41.0 Å². The number of nitrogens with zero attached hydrogens (tertiary/aromatic N) is 2. The Bertz CT molecular complexity index is 1500. The Hall–Kier alpha value is -3.95. The molecule has 0 aliphatic carbocycles. The Morgan fingerprint density at radius 3 is 2.45 bits per heavy atom. The molecule has 0 aliphatic heterocycles. The van der Waals surface area contributed by atoms with Crippen LogP contribution in [0, 0.1) is 5.82 Å². The van der Waals surface area contributed by atoms with E-state index in [0.717, 1.165) is 11.1 Å². The Kier molecular flexibility index (Phi) is 11.1. The molecule has 2 aromatic carbocycles. The average Bonchev–Trinajstić information content (AvgIpc) is 2.91. The molecule has 0 saturated carbocycles. The molecule has 0 spiro atoms. The third-order valence-corrected chi connectivity index (χ3v) is 6.57. The maximum Gasteiger partial charge on any atom is 0.407 e. The molecule has 1 N–H and O–H groups in total. The van der Waals surface area contributed by atoms with E-state index in [1.165, 1.54) is 6.07 Å². The highest BCUT2D eigenvalue weighted by Crippen LogP contribution is 2.24. The van der Waals surface area contributed by atoms with Gasteiger partial charge in [0.15, 0.2) is 12.0 Å². The lowest BCUT2D eigenvalue weighted by atomic mass is 10.0. The fourth-order valence-corrected chi connectivity index (χ4v) is 4.60. The van der Waals surface area contributed by atoms with Gasteiger partial charge in [0.25, 0.3) is 0 Å². The van der Waals surface area contributed by atoms with Crippen molar-refractivity contribution in [1.82, 2.24) is 14.8 Å². The van der Waals surface area contributed by atoms with E-state index < -0.39 is 22.9 Å². The van der Waals surface area contributed by atoms with Crippen LogP contribution in [0.2, 0.25) is 5.02 Å². The average molecular weight is 598 g/mol. The SMILES string of the molecule is C=C(C)c1c(CNC(=O)OC(C)(C)C)n(CCN(C)Cc2ccc(F)c(Cl)c2)c(C=O)c(OCc2ccccc2)c1=O. The summed E-state index contributed by atoms with van der Waals surface area (Å²) >= 11 is 5.95. The van der Waals surface area contributed by atoms with Crippen LogP contribution >= 0.6 is 11.6 Å². The molecule has 0 saturated heterocycles. The van der Waals surface area contributed by atoms with Gasteiger partial charge in [-0.25, -0.2) is 9.18 Å². The lowest BCUT2D eigenvalue weighted by Gasteiger charge is -2.25. The molecule has 224 valence electrons. The number of carbonyl (C=O) groups is 2. The fourth-order valence-electron chi connectivity index (χ4n) is 4.40. The van der Waals surface area contributed by atoms with Crippen molar-refractivity contribution >= 4 is 29.6 Å². The number of carbonyl (C=O) groups excluding carboxylic acids is 2. The monoisotopic (exact) mass is 597 g/mol. The number of hydrogen-bond donors (Lipinski definition) is 1. The molecule has 0 radical (unpaired) electrons. The van der Waals surface area contributed by atoms with Crippen LogP contribution in [0.5, 0.6) is 5.75 Å². The van der Waals surface area contributed by atoms with Gasteiger partial charge in [-0.2, -0.15) is 0 Å². The van der Waals surface area contributed by atoms with Crippen LogP contribution in [0.4, 0.5) is 9.18 Å². The smallest absolute Gasteiger partial charge is 0.407 e. The Morgan fingerprint density at radius 1 is 1.17 bits per heavy atom. The molecule has 0 bridgehead atoms. The minimum Gasteiger partial charge on any atom is -0.483 e. The van der Waals surface area contributed by atoms with E-state index >= 15 is 0 Å². The number of aromatic nitrogens is 1. The molecule has 0 fully saturated rings. The van der Waals surface area contributed by atoms with Crippen molar-refractivity contribution in [3.63, 3.8) is 0 Å². The predicted octanol–water partition coefficient (Wildman–Crippen LogP) is 6.22. The number of amides is 1. The van der Waals surface area contributed by atoms with Crippen LogP contribution in [-0.2, 0) is 31.0 Å². The van der Waals surface area contributed by atoms with Crippen molar-refractivity contribution < 1.29 is 23.5 Å². The summed E-state index contributed by atoms with van der Waals surface area (Å²) in [6.07, 6.45) is -0.0859. The number of rotatable bonds is 12. The molecule has 3 aromatic rings. The molecule has 3 rings (SSSR count). The summed E-state index contributed by atoms with van der Waals surface area (Å²) in [5.74, 6) is -0.592. The second-order valence-electron chi connectivity index (χ2n) is 11.0. The predicted molar refractivity (Wildman–Crippen MR) is 162 cm³/mol. The zero-order valence-corrected chi connectivity index (χ0v) is 25.4. The first-order chi connectivity index (χ1) is 19.8. The van der Waals surface area contributed by atoms with Crippen LogP contribution in [0.3, 0.4) is 0 Å². The van der Waals surface area contributed by atoms with Gasteiger partial charge in [0, 0.05) is 30.9 Å². The van der Waals surface area contributed by atoms with Gasteiger partial charge in [0.05, 0.1) is 11.6 Å². The zero-order valence-electron chi connectivity index (χ0n) is 24.6. The fraction of sp³-hybridized carbons (Fsp3) is 0.344. The number of pyridine rings is 1. The summed E-state index contributed by atoms with van der Waals surface area (Å²) in [5, 5.41) is 2.74. The summed E-state index contributed by atoms with van der Waals surface area (Å²) in [4.78, 5) is 40.8. The number of likely N-dealkylation sites (N-methyl/N-ethyl adjacent to an activating group) is 1. The molecule has 1 heterocycles. The molecular weight excluding hydrogens is 561 g/mol. The lowest BCUT2D eigenvalue weighted by Crippen LogP contribution is -2.35. The first-order valence-corrected chi connectivity index (χ1v) is 13.8. The van der Waals surface area contributed by atoms with Crippen LogP contribution < -0.4 is 15.5 Å². The standard InChI is InChI=1S/C32H37ClFN3O5/c1-21(2)28-26(17-35-31(40)42-32(3,4)5)37(15-14-36(6)18-23-12-13-25(34)24(33)16-23)27(19-38)30(29(28)39)41-20-22-10-8-7-9-11-22/h7-13,16,19H,1,14-15,17-18,20H2,2-6H3,(H,35,40). The van der Waals surface area contributed by atoms with Crippen molar-refractivity contribution in [2.24, 2.45) is 0 Å². The zero-order chi connectivity index (χ0) is 31.0. The number of aldehydes is 1. The van der Waals surface area contributed by atoms with Gasteiger partial charge in [-0.1, -0.05) is 54.6 Å². The molecule has 1 amide bonds. The molecule has 42 heavy (non-hydrogen) atoms. The molecule has 0 aliphatic rings. The van der Waals surface area contributed by atoms with Crippen molar-refractivity contribution in [1.29, 1.82) is 0 Å². The Morgan fingerprint density at radius 2 is 1.86 bits per heavy atom. The summed E-state index contributed by atoms with van der Waals surface area (Å²) in [6, 6.07) is 13.8. The number of ether oxygens (including phenoxy) is 2. The molecule has 10 heteroatoms. The summed E-state index contributed by atoms with van der Waals surface area (Å²) in [6.45, 7) is 12.0. The van der Waals surface area contributed by atoms with Crippen LogP contribution in [0.25, 0.3) is 5.57 Å². The lowest BCUT2D eigenvalue weighted by molar-refractivity contribution is 0.0522. The number of halogens is 2. The van der Waals surface area contributed by atoms with Gasteiger partial charge in [0.2, 0.25) is 5.43 Å². The van der Waals surface area contributed by atoms with Gasteiger partial charge >= 0.3 is 6.09 Å². The molecule has 8 nitrogen and oxygen atoms in total. The maximum absolute atomic E-state index is 13.7. The Labute approximate surface area is 250 Å². The topological polar surface area (TPSA) is 89.9 Å². The normalized spacial score (nSPS) is 11.3. The van der Waals surface area contributed by atoms with E-state index in [0.29, 0.717) is 30.6 Å². The van der Waals surface area contributed by atoms with E-state index in [2.05, 4.69) is 11.9 Å². The van der Waals surface area contributed by atoms with Crippen LogP contribution in [0.1, 0.15) is 60.6 Å². The largest absolute Gasteiger partial charge is 0.483 e. The van der Waals surface area contributed by atoms with E-state index in [4.69, 9.17) is 21.1 Å². The summed E-state index contributed by atoms with van der Waals surface area (Å²) in [7, 11) is 1.87. The highest BCUT2D eigenvalue weighted by molar-refractivity contribution is 6.30. The first-order valence-electron chi connectivity index (χ1n) is 13.5. The van der Waals surface area contributed by atoms with E-state index in [9.17, 15) is 18.8 Å². The van der Waals surface area contributed by atoms with E-state index in [-0.39, 0.29) is 41.7 Å². The number of benzene rings is 2. The first kappa shape index (κ1) is 32.6. The number of nitrogens with one attached hydrogen (secondary N) is 1. The Balaban J connectivity index is 2.02. The van der Waals surface area contributed by atoms with Gasteiger partial charge in [-0.3, -0.25) is 9.59 Å². The van der Waals surface area contributed by atoms with Crippen molar-refractivity contribution in [3.8, 4) is 5.75 Å². The highest BCUT2D eigenvalue weighted by Gasteiger charge is 2.25. The van der Waals surface area contributed by atoms with Crippen molar-refractivity contribution in [3.05, 3.63) is 104 Å². The van der Waals surface area contributed by atoms with E-state index in [1.54, 1.807) is 44.4 Å². The maximum atomic E-state index is 13.7. The van der Waals surface area contributed by atoms with Crippen molar-refractivity contribution in [2.45, 2.75) is 59.5 Å². The quantitative estimate of drug-likeness (QED) is 0.249. The van der Waals surface area contributed by atoms with Gasteiger partial charge in [-0.05, 0) is 63.6 Å². The third-order valence-electron chi connectivity index (χ3n) is 6.28. The third kappa shape index (κ3) is 8.77. The van der Waals surface area contributed by atoms with Gasteiger partial charge < -0.3 is 24.3 Å². The molecule has 0 unspecified atom stereocenters. The molecule has 0 atom stereocenters. The van der Waals surface area contributed by atoms with Crippen molar-refractivity contribution in [2.75, 3.05) is 13.6 Å². The number of alkyl carbamates (subject to hydrolysis) is 1.